The summed E-state index contributed by atoms with van der Waals surface area (Å²) in [5.74, 6) is -0.0712. The van der Waals surface area contributed by atoms with Gasteiger partial charge in [0, 0.05) is 23.2 Å². The van der Waals surface area contributed by atoms with Gasteiger partial charge in [0.15, 0.2) is 5.16 Å². The van der Waals surface area contributed by atoms with Crippen molar-refractivity contribution in [2.75, 3.05) is 12.9 Å². The Balaban J connectivity index is 1.54. The molecule has 0 spiro atoms. The van der Waals surface area contributed by atoms with Gasteiger partial charge in [-0.25, -0.2) is 9.59 Å². The minimum atomic E-state index is -0.580. The van der Waals surface area contributed by atoms with Gasteiger partial charge in [0.25, 0.3) is 0 Å². The monoisotopic (exact) mass is 461 g/mol. The molecule has 1 aromatic heterocycles. The van der Waals surface area contributed by atoms with Crippen LogP contribution in [-0.4, -0.2) is 50.6 Å². The molecule has 1 aliphatic heterocycles. The summed E-state index contributed by atoms with van der Waals surface area (Å²) >= 11 is 1.44. The molecule has 33 heavy (non-hydrogen) atoms. The normalized spacial score (nSPS) is 18.3. The number of esters is 1. The third-order valence-electron chi connectivity index (χ3n) is 5.72. The first kappa shape index (κ1) is 21.3. The van der Waals surface area contributed by atoms with E-state index in [4.69, 9.17) is 4.74 Å². The fourth-order valence-corrected chi connectivity index (χ4v) is 4.97. The molecule has 1 saturated carbocycles. The second-order valence-electron chi connectivity index (χ2n) is 7.85. The van der Waals surface area contributed by atoms with Gasteiger partial charge in [-0.05, 0) is 30.5 Å². The summed E-state index contributed by atoms with van der Waals surface area (Å²) in [6, 6.07) is 18.6. The number of carbonyl (C=O) groups is 2. The third kappa shape index (κ3) is 4.23. The van der Waals surface area contributed by atoms with Gasteiger partial charge in [-0.2, -0.15) is 0 Å². The van der Waals surface area contributed by atoms with Crippen molar-refractivity contribution in [3.8, 4) is 5.69 Å². The first-order valence-electron chi connectivity index (χ1n) is 10.7. The van der Waals surface area contributed by atoms with Crippen LogP contribution in [-0.2, 0) is 9.53 Å². The Bertz CT molecular complexity index is 1190. The maximum absolute atomic E-state index is 13.2. The predicted molar refractivity (Wildman–Crippen MR) is 124 cm³/mol. The number of amides is 2. The molecule has 1 atom stereocenters. The Labute approximate surface area is 195 Å². The molecule has 168 valence electrons. The second-order valence-corrected chi connectivity index (χ2v) is 8.80. The summed E-state index contributed by atoms with van der Waals surface area (Å²) in [4.78, 5) is 27.9. The largest absolute Gasteiger partial charge is 0.466 e. The highest BCUT2D eigenvalue weighted by molar-refractivity contribution is 7.99. The number of ether oxygens (including phenoxy) is 1. The van der Waals surface area contributed by atoms with Gasteiger partial charge < -0.3 is 10.1 Å². The van der Waals surface area contributed by atoms with Crippen LogP contribution in [0.5, 0.6) is 0 Å². The molecule has 3 aromatic rings. The van der Waals surface area contributed by atoms with Crippen LogP contribution < -0.4 is 5.32 Å². The first-order valence-corrected chi connectivity index (χ1v) is 11.7. The van der Waals surface area contributed by atoms with Crippen LogP contribution in [0.4, 0.5) is 4.79 Å². The number of nitrogens with one attached hydrogen (secondary N) is 1. The van der Waals surface area contributed by atoms with E-state index in [1.807, 2.05) is 65.2 Å². The van der Waals surface area contributed by atoms with E-state index < -0.39 is 12.0 Å². The van der Waals surface area contributed by atoms with E-state index in [0.717, 1.165) is 24.1 Å². The van der Waals surface area contributed by atoms with Gasteiger partial charge in [-0.15, -0.1) is 10.2 Å². The number of rotatable bonds is 7. The average molecular weight is 462 g/mol. The van der Waals surface area contributed by atoms with Crippen molar-refractivity contribution < 1.29 is 14.3 Å². The van der Waals surface area contributed by atoms with E-state index in [-0.39, 0.29) is 12.1 Å². The van der Waals surface area contributed by atoms with Crippen molar-refractivity contribution in [2.24, 2.45) is 0 Å². The van der Waals surface area contributed by atoms with Crippen molar-refractivity contribution in [1.29, 1.82) is 0 Å². The number of aromatic nitrogens is 3. The molecule has 1 unspecified atom stereocenters. The van der Waals surface area contributed by atoms with Crippen LogP contribution in [0.1, 0.15) is 24.4 Å². The molecule has 5 rings (SSSR count). The molecule has 1 N–H and O–H groups in total. The van der Waals surface area contributed by atoms with Crippen LogP contribution >= 0.6 is 11.8 Å². The minimum absolute atomic E-state index is 0.0870. The Morgan fingerprint density at radius 3 is 2.48 bits per heavy atom. The van der Waals surface area contributed by atoms with Crippen molar-refractivity contribution in [3.05, 3.63) is 83.8 Å². The molecule has 0 radical (unpaired) electrons. The molecule has 0 bridgehead atoms. The van der Waals surface area contributed by atoms with Crippen LogP contribution in [0, 0.1) is 0 Å². The van der Waals surface area contributed by atoms with E-state index in [1.165, 1.54) is 18.9 Å². The Morgan fingerprint density at radius 1 is 1.12 bits per heavy atom. The third-order valence-corrected chi connectivity index (χ3v) is 6.67. The zero-order valence-corrected chi connectivity index (χ0v) is 18.9. The molecular formula is C24H23N5O3S. The summed E-state index contributed by atoms with van der Waals surface area (Å²) in [7, 11) is 1.37. The Morgan fingerprint density at radius 2 is 1.82 bits per heavy atom. The molecule has 2 heterocycles. The standard InChI is InChI=1S/C24H23N5O3S/c1-32-22(30)20-19(14-33-24-27-25-15-28(24)17-10-6-3-7-11-17)29(18-12-13-18)23(31)26-21(20)16-8-4-2-5-9-16/h2-11,15,18,21H,12-14H2,1H3,(H,26,31). The number of para-hydroxylation sites is 1. The summed E-state index contributed by atoms with van der Waals surface area (Å²) in [6.07, 6.45) is 3.48. The van der Waals surface area contributed by atoms with Crippen LogP contribution in [0.25, 0.3) is 5.69 Å². The van der Waals surface area contributed by atoms with Gasteiger partial charge in [-0.3, -0.25) is 9.47 Å². The highest BCUT2D eigenvalue weighted by atomic mass is 32.2. The number of methoxy groups -OCH3 is 1. The second kappa shape index (κ2) is 9.11. The highest BCUT2D eigenvalue weighted by Gasteiger charge is 2.44. The molecule has 9 heteroatoms. The average Bonchev–Trinajstić information content (AvgIpc) is 3.58. The SMILES string of the molecule is COC(=O)C1=C(CSc2nncn2-c2ccccc2)N(C2CC2)C(=O)NC1c1ccccc1. The fourth-order valence-electron chi connectivity index (χ4n) is 4.01. The number of hydrogen-bond acceptors (Lipinski definition) is 6. The lowest BCUT2D eigenvalue weighted by atomic mass is 9.95. The zero-order chi connectivity index (χ0) is 22.8. The molecular weight excluding hydrogens is 438 g/mol. The number of thioether (sulfide) groups is 1. The van der Waals surface area contributed by atoms with Gasteiger partial charge >= 0.3 is 12.0 Å². The van der Waals surface area contributed by atoms with E-state index in [0.29, 0.717) is 22.2 Å². The summed E-state index contributed by atoms with van der Waals surface area (Å²) in [5, 5.41) is 12.0. The van der Waals surface area contributed by atoms with Crippen molar-refractivity contribution in [1.82, 2.24) is 25.0 Å². The highest BCUT2D eigenvalue weighted by Crippen LogP contribution is 2.40. The van der Waals surface area contributed by atoms with E-state index >= 15 is 0 Å². The van der Waals surface area contributed by atoms with E-state index in [9.17, 15) is 9.59 Å². The van der Waals surface area contributed by atoms with E-state index in [1.54, 1.807) is 11.2 Å². The molecule has 2 aliphatic rings. The lowest BCUT2D eigenvalue weighted by Crippen LogP contribution is -2.50. The number of benzene rings is 2. The van der Waals surface area contributed by atoms with Gasteiger partial charge in [-0.1, -0.05) is 60.3 Å². The lowest BCUT2D eigenvalue weighted by molar-refractivity contribution is -0.136. The lowest BCUT2D eigenvalue weighted by Gasteiger charge is -2.36. The molecule has 0 saturated heterocycles. The Kier molecular flexibility index (Phi) is 5.87. The van der Waals surface area contributed by atoms with Crippen molar-refractivity contribution in [3.63, 3.8) is 0 Å². The van der Waals surface area contributed by atoms with Gasteiger partial charge in [0.1, 0.15) is 6.33 Å². The molecule has 8 nitrogen and oxygen atoms in total. The van der Waals surface area contributed by atoms with Crippen molar-refractivity contribution >= 4 is 23.8 Å². The molecule has 2 aromatic carbocycles. The van der Waals surface area contributed by atoms with Crippen LogP contribution in [0.2, 0.25) is 0 Å². The summed E-state index contributed by atoms with van der Waals surface area (Å²) in [5.41, 5.74) is 2.88. The number of nitrogens with zero attached hydrogens (tertiary/aromatic N) is 4. The maximum atomic E-state index is 13.2. The summed E-state index contributed by atoms with van der Waals surface area (Å²) < 4.78 is 7.06. The smallest absolute Gasteiger partial charge is 0.338 e. The maximum Gasteiger partial charge on any atom is 0.338 e. The molecule has 2 amide bonds. The Hall–Kier alpha value is -3.59. The quantitative estimate of drug-likeness (QED) is 0.426. The van der Waals surface area contributed by atoms with Crippen LogP contribution in [0.3, 0.4) is 0 Å². The molecule has 1 fully saturated rings. The van der Waals surface area contributed by atoms with Gasteiger partial charge in [0.2, 0.25) is 0 Å². The van der Waals surface area contributed by atoms with Crippen LogP contribution in [0.15, 0.2) is 83.4 Å². The fraction of sp³-hybridized carbons (Fsp3) is 0.250. The number of urea groups is 1. The first-order chi connectivity index (χ1) is 16.2. The number of carbonyl (C=O) groups excluding carboxylic acids is 2. The summed E-state index contributed by atoms with van der Waals surface area (Å²) in [6.45, 7) is 0. The topological polar surface area (TPSA) is 89.3 Å². The zero-order valence-electron chi connectivity index (χ0n) is 18.0. The molecule has 1 aliphatic carbocycles. The van der Waals surface area contributed by atoms with E-state index in [2.05, 4.69) is 15.5 Å². The minimum Gasteiger partial charge on any atom is -0.466 e. The van der Waals surface area contributed by atoms with Gasteiger partial charge in [0.05, 0.1) is 18.7 Å². The predicted octanol–water partition coefficient (Wildman–Crippen LogP) is 3.72. The van der Waals surface area contributed by atoms with Crippen molar-refractivity contribution in [2.45, 2.75) is 30.1 Å². The number of hydrogen-bond donors (Lipinski definition) is 1.